The highest BCUT2D eigenvalue weighted by Crippen LogP contribution is 2.43. The van der Waals surface area contributed by atoms with E-state index in [0.29, 0.717) is 0 Å². The molecule has 3 atom stereocenters. The van der Waals surface area contributed by atoms with Crippen LogP contribution >= 0.6 is 0 Å². The van der Waals surface area contributed by atoms with Gasteiger partial charge in [0, 0.05) is 12.2 Å². The minimum atomic E-state index is 0.776. The van der Waals surface area contributed by atoms with Crippen molar-refractivity contribution in [1.29, 1.82) is 0 Å². The molecule has 0 heterocycles. The van der Waals surface area contributed by atoms with Crippen LogP contribution in [0.3, 0.4) is 0 Å². The van der Waals surface area contributed by atoms with Crippen molar-refractivity contribution in [3.8, 4) is 0 Å². The first kappa shape index (κ1) is 12.5. The molecule has 0 aliphatic heterocycles. The second-order valence-electron chi connectivity index (χ2n) is 6.19. The number of allylic oxidation sites excluding steroid dienone is 3. The van der Waals surface area contributed by atoms with Gasteiger partial charge in [-0.05, 0) is 55.2 Å². The number of fused-ring (bicyclic) bond motifs is 1. The summed E-state index contributed by atoms with van der Waals surface area (Å²) in [7, 11) is 0. The Balaban J connectivity index is 1.65. The van der Waals surface area contributed by atoms with E-state index in [1.165, 1.54) is 24.1 Å². The lowest BCUT2D eigenvalue weighted by molar-refractivity contribution is 0.517. The van der Waals surface area contributed by atoms with Gasteiger partial charge in [0.2, 0.25) is 0 Å². The molecule has 2 aliphatic rings. The summed E-state index contributed by atoms with van der Waals surface area (Å²) in [5.74, 6) is 2.44. The lowest BCUT2D eigenvalue weighted by Crippen LogP contribution is -2.18. The second kappa shape index (κ2) is 5.24. The molecular weight excluding hydrogens is 230 g/mol. The van der Waals surface area contributed by atoms with Gasteiger partial charge in [0.05, 0.1) is 0 Å². The predicted octanol–water partition coefficient (Wildman–Crippen LogP) is 4.57. The predicted molar refractivity (Wildman–Crippen MR) is 82.3 cm³/mol. The lowest BCUT2D eigenvalue weighted by Gasteiger charge is -2.23. The van der Waals surface area contributed by atoms with Gasteiger partial charge < -0.3 is 5.32 Å². The third kappa shape index (κ3) is 2.75. The average molecular weight is 253 g/mol. The van der Waals surface area contributed by atoms with Crippen LogP contribution in [-0.2, 0) is 0 Å². The molecule has 1 nitrogen and oxygen atoms in total. The Bertz CT molecular complexity index is 495. The van der Waals surface area contributed by atoms with Crippen LogP contribution in [0.25, 0.3) is 0 Å². The van der Waals surface area contributed by atoms with E-state index in [1.807, 2.05) is 0 Å². The monoisotopic (exact) mass is 253 g/mol. The van der Waals surface area contributed by atoms with Crippen LogP contribution < -0.4 is 5.32 Å². The summed E-state index contributed by atoms with van der Waals surface area (Å²) in [6.45, 7) is 5.50. The number of aryl methyl sites for hydroxylation is 1. The zero-order valence-corrected chi connectivity index (χ0v) is 11.9. The van der Waals surface area contributed by atoms with Gasteiger partial charge in [0.1, 0.15) is 0 Å². The number of hydrogen-bond donors (Lipinski definition) is 1. The first-order chi connectivity index (χ1) is 9.22. The van der Waals surface area contributed by atoms with E-state index in [-0.39, 0.29) is 0 Å². The summed E-state index contributed by atoms with van der Waals surface area (Å²) >= 11 is 0. The molecule has 2 aliphatic carbocycles. The molecule has 0 saturated heterocycles. The van der Waals surface area contributed by atoms with Crippen LogP contribution in [0, 0.1) is 24.7 Å². The fourth-order valence-electron chi connectivity index (χ4n) is 3.48. The first-order valence-corrected chi connectivity index (χ1v) is 7.40. The Hall–Kier alpha value is -1.50. The molecule has 2 unspecified atom stereocenters. The van der Waals surface area contributed by atoms with E-state index < -0.39 is 0 Å². The van der Waals surface area contributed by atoms with E-state index >= 15 is 0 Å². The van der Waals surface area contributed by atoms with E-state index in [4.69, 9.17) is 0 Å². The van der Waals surface area contributed by atoms with E-state index in [1.54, 1.807) is 5.57 Å². The maximum atomic E-state index is 3.57. The van der Waals surface area contributed by atoms with Crippen molar-refractivity contribution in [2.45, 2.75) is 26.7 Å². The Morgan fingerprint density at radius 1 is 1.16 bits per heavy atom. The third-order valence-electron chi connectivity index (χ3n) is 4.54. The molecule has 100 valence electrons. The molecule has 1 N–H and O–H groups in total. The molecule has 1 aromatic rings. The van der Waals surface area contributed by atoms with Crippen LogP contribution in [0.4, 0.5) is 5.69 Å². The highest BCUT2D eigenvalue weighted by atomic mass is 14.9. The van der Waals surface area contributed by atoms with Gasteiger partial charge in [-0.2, -0.15) is 0 Å². The molecule has 1 fully saturated rings. The van der Waals surface area contributed by atoms with Crippen molar-refractivity contribution < 1.29 is 0 Å². The quantitative estimate of drug-likeness (QED) is 0.832. The standard InChI is InChI=1S/C18H23N/c1-13-6-8-17(9-7-13)19-12-16-5-3-4-15-10-14(2)11-18(15)16/h3-9,14-15,18-19H,10-12H2,1-2H3/t14-,15?,18?/m0/s1. The fourth-order valence-corrected chi connectivity index (χ4v) is 3.48. The summed E-state index contributed by atoms with van der Waals surface area (Å²) in [6.07, 6.45) is 9.70. The minimum absolute atomic E-state index is 0.776. The average Bonchev–Trinajstić information content (AvgIpc) is 2.79. The number of hydrogen-bond acceptors (Lipinski definition) is 1. The van der Waals surface area contributed by atoms with Gasteiger partial charge in [0.25, 0.3) is 0 Å². The van der Waals surface area contributed by atoms with Crippen LogP contribution in [0.5, 0.6) is 0 Å². The van der Waals surface area contributed by atoms with Crippen molar-refractivity contribution in [3.63, 3.8) is 0 Å². The molecule has 3 rings (SSSR count). The molecule has 1 saturated carbocycles. The zero-order valence-electron chi connectivity index (χ0n) is 11.9. The number of nitrogens with one attached hydrogen (secondary N) is 1. The highest BCUT2D eigenvalue weighted by Gasteiger charge is 2.33. The van der Waals surface area contributed by atoms with Gasteiger partial charge in [-0.15, -0.1) is 0 Å². The molecule has 0 radical (unpaired) electrons. The Kier molecular flexibility index (Phi) is 3.46. The lowest BCUT2D eigenvalue weighted by atomic mass is 9.85. The van der Waals surface area contributed by atoms with Gasteiger partial charge >= 0.3 is 0 Å². The van der Waals surface area contributed by atoms with Gasteiger partial charge in [-0.1, -0.05) is 42.8 Å². The number of anilines is 1. The van der Waals surface area contributed by atoms with Crippen molar-refractivity contribution in [1.82, 2.24) is 0 Å². The maximum absolute atomic E-state index is 3.57. The van der Waals surface area contributed by atoms with Gasteiger partial charge in [-0.3, -0.25) is 0 Å². The maximum Gasteiger partial charge on any atom is 0.0366 e. The summed E-state index contributed by atoms with van der Waals surface area (Å²) in [5.41, 5.74) is 4.12. The molecule has 19 heavy (non-hydrogen) atoms. The summed E-state index contributed by atoms with van der Waals surface area (Å²) in [4.78, 5) is 0. The topological polar surface area (TPSA) is 12.0 Å². The number of rotatable bonds is 3. The summed E-state index contributed by atoms with van der Waals surface area (Å²) in [5, 5.41) is 3.57. The van der Waals surface area contributed by atoms with Gasteiger partial charge in [-0.25, -0.2) is 0 Å². The number of benzene rings is 1. The van der Waals surface area contributed by atoms with Crippen LogP contribution in [-0.4, -0.2) is 6.54 Å². The molecular formula is C18H23N. The normalized spacial score (nSPS) is 28.9. The van der Waals surface area contributed by atoms with Crippen LogP contribution in [0.15, 0.2) is 48.1 Å². The second-order valence-corrected chi connectivity index (χ2v) is 6.19. The summed E-state index contributed by atoms with van der Waals surface area (Å²) in [6, 6.07) is 8.67. The van der Waals surface area contributed by atoms with Gasteiger partial charge in [0.15, 0.2) is 0 Å². The molecule has 1 heteroatoms. The smallest absolute Gasteiger partial charge is 0.0366 e. The SMILES string of the molecule is Cc1ccc(NCC2=CC=CC3C[C@H](C)CC23)cc1. The van der Waals surface area contributed by atoms with Crippen molar-refractivity contribution in [2.75, 3.05) is 11.9 Å². The first-order valence-electron chi connectivity index (χ1n) is 7.40. The largest absolute Gasteiger partial charge is 0.381 e. The fraction of sp³-hybridized carbons (Fsp3) is 0.444. The molecule has 0 aromatic heterocycles. The highest BCUT2D eigenvalue weighted by molar-refractivity contribution is 5.46. The Morgan fingerprint density at radius 2 is 1.95 bits per heavy atom. The Labute approximate surface area is 116 Å². The van der Waals surface area contributed by atoms with Crippen LogP contribution in [0.1, 0.15) is 25.3 Å². The van der Waals surface area contributed by atoms with E-state index in [9.17, 15) is 0 Å². The van der Waals surface area contributed by atoms with Crippen molar-refractivity contribution in [3.05, 3.63) is 53.6 Å². The van der Waals surface area contributed by atoms with Crippen LogP contribution in [0.2, 0.25) is 0 Å². The molecule has 1 aromatic carbocycles. The minimum Gasteiger partial charge on any atom is -0.381 e. The van der Waals surface area contributed by atoms with E-state index in [0.717, 1.165) is 24.3 Å². The molecule has 0 bridgehead atoms. The molecule has 0 amide bonds. The third-order valence-corrected chi connectivity index (χ3v) is 4.54. The van der Waals surface area contributed by atoms with E-state index in [2.05, 4.69) is 61.7 Å². The van der Waals surface area contributed by atoms with Crippen molar-refractivity contribution in [2.24, 2.45) is 17.8 Å². The summed E-state index contributed by atoms with van der Waals surface area (Å²) < 4.78 is 0. The van der Waals surface area contributed by atoms with Crippen molar-refractivity contribution >= 4 is 5.69 Å². The molecule has 0 spiro atoms. The zero-order chi connectivity index (χ0) is 13.2. The Morgan fingerprint density at radius 3 is 2.74 bits per heavy atom.